The Morgan fingerprint density at radius 2 is 1.96 bits per heavy atom. The first-order chi connectivity index (χ1) is 12.2. The predicted molar refractivity (Wildman–Crippen MR) is 94.6 cm³/mol. The maximum atomic E-state index is 12.4. The number of aromatic nitrogens is 3. The van der Waals surface area contributed by atoms with Crippen molar-refractivity contribution in [3.05, 3.63) is 41.2 Å². The van der Waals surface area contributed by atoms with E-state index in [2.05, 4.69) is 37.8 Å². The molecular formula is C18H25N5O2. The standard InChI is InChI=1S/C18H25N5O2/c1-13-17(21-22-20-13)18(24)19-12-16(23-10-4-3-5-11-23)14-6-8-15(25-2)9-7-14/h6-9,16H,3-5,10-12H2,1-2H3,(H,19,24)(H,20,21,22). The second kappa shape index (κ2) is 8.11. The number of nitrogens with one attached hydrogen (secondary N) is 2. The van der Waals surface area contributed by atoms with Gasteiger partial charge in [-0.25, -0.2) is 0 Å². The Morgan fingerprint density at radius 1 is 1.24 bits per heavy atom. The first-order valence-corrected chi connectivity index (χ1v) is 8.72. The van der Waals surface area contributed by atoms with Crippen molar-refractivity contribution in [3.8, 4) is 5.75 Å². The summed E-state index contributed by atoms with van der Waals surface area (Å²) in [6, 6.07) is 8.23. The van der Waals surface area contributed by atoms with Gasteiger partial charge in [0.05, 0.1) is 18.8 Å². The Kier molecular flexibility index (Phi) is 5.65. The van der Waals surface area contributed by atoms with E-state index in [1.54, 1.807) is 14.0 Å². The fourth-order valence-electron chi connectivity index (χ4n) is 3.29. The first-order valence-electron chi connectivity index (χ1n) is 8.72. The van der Waals surface area contributed by atoms with Gasteiger partial charge in [-0.15, -0.1) is 0 Å². The molecule has 2 N–H and O–H groups in total. The second-order valence-electron chi connectivity index (χ2n) is 6.35. The molecule has 7 nitrogen and oxygen atoms in total. The van der Waals surface area contributed by atoms with Crippen LogP contribution in [0.3, 0.4) is 0 Å². The smallest absolute Gasteiger partial charge is 0.273 e. The average Bonchev–Trinajstić information content (AvgIpc) is 3.09. The molecule has 1 fully saturated rings. The zero-order valence-corrected chi connectivity index (χ0v) is 14.8. The van der Waals surface area contributed by atoms with Crippen molar-refractivity contribution in [3.63, 3.8) is 0 Å². The SMILES string of the molecule is COc1ccc(C(CNC(=O)c2n[nH]nc2C)N2CCCCC2)cc1. The number of likely N-dealkylation sites (tertiary alicyclic amines) is 1. The molecule has 134 valence electrons. The number of hydrogen-bond donors (Lipinski definition) is 2. The summed E-state index contributed by atoms with van der Waals surface area (Å²) in [5, 5.41) is 13.3. The van der Waals surface area contributed by atoms with Gasteiger partial charge in [-0.3, -0.25) is 9.69 Å². The largest absolute Gasteiger partial charge is 0.497 e. The molecule has 1 aliphatic heterocycles. The van der Waals surface area contributed by atoms with Crippen LogP contribution in [0.2, 0.25) is 0 Å². The van der Waals surface area contributed by atoms with Crippen LogP contribution in [-0.4, -0.2) is 53.0 Å². The molecule has 0 radical (unpaired) electrons. The molecule has 1 atom stereocenters. The molecule has 1 aliphatic rings. The molecule has 3 rings (SSSR count). The molecule has 0 spiro atoms. The van der Waals surface area contributed by atoms with Gasteiger partial charge >= 0.3 is 0 Å². The minimum atomic E-state index is -0.193. The normalized spacial score (nSPS) is 16.4. The van der Waals surface area contributed by atoms with Crippen LogP contribution in [0.4, 0.5) is 0 Å². The number of aryl methyl sites for hydroxylation is 1. The second-order valence-corrected chi connectivity index (χ2v) is 6.35. The predicted octanol–water partition coefficient (Wildman–Crippen LogP) is 2.08. The zero-order chi connectivity index (χ0) is 17.6. The molecule has 2 aromatic rings. The molecule has 1 unspecified atom stereocenters. The Hall–Kier alpha value is -2.41. The topological polar surface area (TPSA) is 83.1 Å². The van der Waals surface area contributed by atoms with Gasteiger partial charge in [0, 0.05) is 6.54 Å². The van der Waals surface area contributed by atoms with E-state index in [0.29, 0.717) is 17.9 Å². The monoisotopic (exact) mass is 343 g/mol. The van der Waals surface area contributed by atoms with Crippen LogP contribution in [0.25, 0.3) is 0 Å². The van der Waals surface area contributed by atoms with Crippen molar-refractivity contribution >= 4 is 5.91 Å². The quantitative estimate of drug-likeness (QED) is 0.839. The number of benzene rings is 1. The maximum Gasteiger partial charge on any atom is 0.273 e. The van der Waals surface area contributed by atoms with Crippen molar-refractivity contribution in [2.24, 2.45) is 0 Å². The summed E-state index contributed by atoms with van der Waals surface area (Å²) in [5.74, 6) is 0.644. The summed E-state index contributed by atoms with van der Waals surface area (Å²) in [4.78, 5) is 14.8. The number of rotatable bonds is 6. The number of piperidine rings is 1. The minimum Gasteiger partial charge on any atom is -0.497 e. The third kappa shape index (κ3) is 4.17. The molecule has 0 saturated carbocycles. The molecule has 1 amide bonds. The molecule has 0 bridgehead atoms. The van der Waals surface area contributed by atoms with Crippen LogP contribution < -0.4 is 10.1 Å². The summed E-state index contributed by atoms with van der Waals surface area (Å²) in [6.45, 7) is 4.41. The molecule has 1 aromatic heterocycles. The number of hydrogen-bond acceptors (Lipinski definition) is 5. The molecule has 1 saturated heterocycles. The van der Waals surface area contributed by atoms with Gasteiger partial charge in [0.15, 0.2) is 5.69 Å². The number of H-pyrrole nitrogens is 1. The maximum absolute atomic E-state index is 12.4. The summed E-state index contributed by atoms with van der Waals surface area (Å²) >= 11 is 0. The summed E-state index contributed by atoms with van der Waals surface area (Å²) in [7, 11) is 1.66. The van der Waals surface area contributed by atoms with Gasteiger partial charge in [-0.2, -0.15) is 15.4 Å². The third-order valence-electron chi connectivity index (χ3n) is 4.73. The van der Waals surface area contributed by atoms with Crippen molar-refractivity contribution in [1.29, 1.82) is 0 Å². The number of aromatic amines is 1. The number of nitrogens with zero attached hydrogens (tertiary/aromatic N) is 3. The lowest BCUT2D eigenvalue weighted by Gasteiger charge is -2.35. The lowest BCUT2D eigenvalue weighted by Crippen LogP contribution is -2.40. The van der Waals surface area contributed by atoms with Crippen LogP contribution in [-0.2, 0) is 0 Å². The number of carbonyl (C=O) groups excluding carboxylic acids is 1. The lowest BCUT2D eigenvalue weighted by molar-refractivity contribution is 0.0919. The molecule has 7 heteroatoms. The summed E-state index contributed by atoms with van der Waals surface area (Å²) in [6.07, 6.45) is 3.67. The van der Waals surface area contributed by atoms with E-state index in [0.717, 1.165) is 18.8 Å². The van der Waals surface area contributed by atoms with Crippen molar-refractivity contribution in [1.82, 2.24) is 25.6 Å². The fraction of sp³-hybridized carbons (Fsp3) is 0.500. The fourth-order valence-corrected chi connectivity index (χ4v) is 3.29. The highest BCUT2D eigenvalue weighted by Crippen LogP contribution is 2.26. The molecular weight excluding hydrogens is 318 g/mol. The molecule has 1 aromatic carbocycles. The van der Waals surface area contributed by atoms with E-state index in [9.17, 15) is 4.79 Å². The first kappa shape index (κ1) is 17.4. The van der Waals surface area contributed by atoms with Gasteiger partial charge in [-0.1, -0.05) is 18.6 Å². The van der Waals surface area contributed by atoms with Crippen molar-refractivity contribution in [2.45, 2.75) is 32.2 Å². The van der Waals surface area contributed by atoms with Crippen LogP contribution in [0.5, 0.6) is 5.75 Å². The number of methoxy groups -OCH3 is 1. The minimum absolute atomic E-state index is 0.141. The number of carbonyl (C=O) groups is 1. The Labute approximate surface area is 147 Å². The van der Waals surface area contributed by atoms with Crippen molar-refractivity contribution < 1.29 is 9.53 Å². The highest BCUT2D eigenvalue weighted by Gasteiger charge is 2.24. The molecule has 0 aliphatic carbocycles. The summed E-state index contributed by atoms with van der Waals surface area (Å²) in [5.41, 5.74) is 2.14. The average molecular weight is 343 g/mol. The number of ether oxygens (including phenoxy) is 1. The van der Waals surface area contributed by atoms with E-state index in [4.69, 9.17) is 4.74 Å². The lowest BCUT2D eigenvalue weighted by atomic mass is 10.0. The van der Waals surface area contributed by atoms with E-state index < -0.39 is 0 Å². The van der Waals surface area contributed by atoms with E-state index in [-0.39, 0.29) is 11.9 Å². The number of amides is 1. The van der Waals surface area contributed by atoms with Gasteiger partial charge in [0.25, 0.3) is 5.91 Å². The van der Waals surface area contributed by atoms with E-state index >= 15 is 0 Å². The van der Waals surface area contributed by atoms with Crippen LogP contribution in [0, 0.1) is 6.92 Å². The Morgan fingerprint density at radius 3 is 2.56 bits per heavy atom. The Bertz CT molecular complexity index is 692. The van der Waals surface area contributed by atoms with Gasteiger partial charge in [-0.05, 0) is 50.6 Å². The van der Waals surface area contributed by atoms with Crippen LogP contribution in [0.15, 0.2) is 24.3 Å². The van der Waals surface area contributed by atoms with E-state index in [1.807, 2.05) is 12.1 Å². The Balaban J connectivity index is 1.73. The molecule has 25 heavy (non-hydrogen) atoms. The van der Waals surface area contributed by atoms with Crippen LogP contribution >= 0.6 is 0 Å². The zero-order valence-electron chi connectivity index (χ0n) is 14.8. The highest BCUT2D eigenvalue weighted by molar-refractivity contribution is 5.93. The molecule has 2 heterocycles. The van der Waals surface area contributed by atoms with Crippen molar-refractivity contribution in [2.75, 3.05) is 26.7 Å². The van der Waals surface area contributed by atoms with Gasteiger partial charge < -0.3 is 10.1 Å². The van der Waals surface area contributed by atoms with Gasteiger partial charge in [0.2, 0.25) is 0 Å². The summed E-state index contributed by atoms with van der Waals surface area (Å²) < 4.78 is 5.25. The highest BCUT2D eigenvalue weighted by atomic mass is 16.5. The third-order valence-corrected chi connectivity index (χ3v) is 4.73. The van der Waals surface area contributed by atoms with E-state index in [1.165, 1.54) is 24.8 Å². The van der Waals surface area contributed by atoms with Gasteiger partial charge in [0.1, 0.15) is 5.75 Å². The van der Waals surface area contributed by atoms with Crippen LogP contribution in [0.1, 0.15) is 47.1 Å².